The van der Waals surface area contributed by atoms with Crippen LogP contribution in [0.1, 0.15) is 19.4 Å². The van der Waals surface area contributed by atoms with Crippen LogP contribution < -0.4 is 0 Å². The van der Waals surface area contributed by atoms with E-state index in [4.69, 9.17) is 4.74 Å². The summed E-state index contributed by atoms with van der Waals surface area (Å²) in [6.45, 7) is 2.88. The number of nitrogens with zero attached hydrogens (tertiary/aromatic N) is 1. The Morgan fingerprint density at radius 1 is 1.35 bits per heavy atom. The fraction of sp³-hybridized carbons (Fsp3) is 0.267. The van der Waals surface area contributed by atoms with E-state index >= 15 is 0 Å². The van der Waals surface area contributed by atoms with Crippen molar-refractivity contribution in [3.63, 3.8) is 0 Å². The van der Waals surface area contributed by atoms with Gasteiger partial charge >= 0.3 is 5.97 Å². The molecule has 2 amide bonds. The normalized spacial score (nSPS) is 16.5. The van der Waals surface area contributed by atoms with E-state index in [0.29, 0.717) is 11.8 Å². The molecule has 0 unspecified atom stereocenters. The second-order valence-corrected chi connectivity index (χ2v) is 6.04. The number of ether oxygens (including phenoxy) is 1. The van der Waals surface area contributed by atoms with Crippen molar-refractivity contribution in [1.29, 1.82) is 0 Å². The van der Waals surface area contributed by atoms with Gasteiger partial charge in [-0.25, -0.2) is 0 Å². The lowest BCUT2D eigenvalue weighted by atomic mass is 10.1. The third kappa shape index (κ3) is 4.04. The number of carbonyl (C=O) groups is 3. The number of hydrogen-bond acceptors (Lipinski definition) is 7. The van der Waals surface area contributed by atoms with Gasteiger partial charge in [0.15, 0.2) is 0 Å². The lowest BCUT2D eigenvalue weighted by Crippen LogP contribution is -2.35. The van der Waals surface area contributed by atoms with Crippen LogP contribution in [0.2, 0.25) is 0 Å². The monoisotopic (exact) mass is 337 g/mol. The minimum absolute atomic E-state index is 0.0772. The summed E-state index contributed by atoms with van der Waals surface area (Å²) in [7, 11) is 0. The second kappa shape index (κ2) is 6.74. The number of carbonyl (C=O) groups excluding carboxylic acids is 3. The Morgan fingerprint density at radius 3 is 2.65 bits per heavy atom. The van der Waals surface area contributed by atoms with E-state index in [-0.39, 0.29) is 28.1 Å². The summed E-state index contributed by atoms with van der Waals surface area (Å²) in [4.78, 5) is 36.5. The van der Waals surface area contributed by atoms with E-state index < -0.39 is 23.7 Å². The molecule has 0 aromatic heterocycles. The molecular weight excluding hydrogens is 322 g/mol. The molecule has 122 valence electrons. The van der Waals surface area contributed by atoms with Gasteiger partial charge in [-0.2, -0.15) is 0 Å². The molecule has 2 N–H and O–H groups in total. The van der Waals surface area contributed by atoms with Gasteiger partial charge in [0.05, 0.1) is 11.0 Å². The van der Waals surface area contributed by atoms with E-state index in [0.717, 1.165) is 11.0 Å². The van der Waals surface area contributed by atoms with Crippen LogP contribution in [0.3, 0.4) is 0 Å². The summed E-state index contributed by atoms with van der Waals surface area (Å²) in [5.74, 6) is -1.65. The first-order valence-electron chi connectivity index (χ1n) is 6.74. The van der Waals surface area contributed by atoms with Crippen LogP contribution in [0.5, 0.6) is 11.5 Å². The fourth-order valence-electron chi connectivity index (χ4n) is 1.86. The molecule has 23 heavy (non-hydrogen) atoms. The number of aromatic hydroxyl groups is 2. The Morgan fingerprint density at radius 2 is 2.04 bits per heavy atom. The largest absolute Gasteiger partial charge is 0.508 e. The highest BCUT2D eigenvalue weighted by Crippen LogP contribution is 2.34. The SMILES string of the molecule is CC(C)OC(=O)CN1C(=O)S/C(=C\c2ccc(O)cc2O)C1=O. The van der Waals surface area contributed by atoms with Gasteiger partial charge in [-0.15, -0.1) is 0 Å². The molecular formula is C15H15NO6S. The van der Waals surface area contributed by atoms with E-state index in [1.807, 2.05) is 0 Å². The van der Waals surface area contributed by atoms with E-state index in [9.17, 15) is 24.6 Å². The summed E-state index contributed by atoms with van der Waals surface area (Å²) >= 11 is 0.668. The van der Waals surface area contributed by atoms with Crippen LogP contribution >= 0.6 is 11.8 Å². The Hall–Kier alpha value is -2.48. The lowest BCUT2D eigenvalue weighted by molar-refractivity contribution is -0.149. The molecule has 1 aliphatic rings. The zero-order valence-corrected chi connectivity index (χ0v) is 13.3. The molecule has 0 radical (unpaired) electrons. The van der Waals surface area contributed by atoms with Crippen molar-refractivity contribution in [3.8, 4) is 11.5 Å². The van der Waals surface area contributed by atoms with Crippen LogP contribution in [-0.4, -0.2) is 44.9 Å². The molecule has 0 saturated carbocycles. The highest BCUT2D eigenvalue weighted by atomic mass is 32.2. The Bertz CT molecular complexity index is 697. The van der Waals surface area contributed by atoms with Crippen LogP contribution in [0.25, 0.3) is 6.08 Å². The van der Waals surface area contributed by atoms with E-state index in [2.05, 4.69) is 0 Å². The molecule has 1 fully saturated rings. The van der Waals surface area contributed by atoms with Gasteiger partial charge in [-0.3, -0.25) is 19.3 Å². The van der Waals surface area contributed by atoms with Crippen LogP contribution in [0.15, 0.2) is 23.1 Å². The third-order valence-electron chi connectivity index (χ3n) is 2.83. The number of rotatable bonds is 4. The predicted molar refractivity (Wildman–Crippen MR) is 83.7 cm³/mol. The number of phenolic OH excluding ortho intramolecular Hbond substituents is 2. The van der Waals surface area contributed by atoms with Gasteiger partial charge in [-0.05, 0) is 43.8 Å². The maximum absolute atomic E-state index is 12.2. The molecule has 8 heteroatoms. The first kappa shape index (κ1) is 16.9. The van der Waals surface area contributed by atoms with Crippen molar-refractivity contribution < 1.29 is 29.3 Å². The van der Waals surface area contributed by atoms with Crippen molar-refractivity contribution in [2.45, 2.75) is 20.0 Å². The number of phenols is 2. The van der Waals surface area contributed by atoms with Gasteiger partial charge in [0.1, 0.15) is 18.0 Å². The van der Waals surface area contributed by atoms with Crippen LogP contribution in [0.4, 0.5) is 4.79 Å². The van der Waals surface area contributed by atoms with Crippen molar-refractivity contribution in [1.82, 2.24) is 4.90 Å². The molecule has 7 nitrogen and oxygen atoms in total. The van der Waals surface area contributed by atoms with Crippen LogP contribution in [0, 0.1) is 0 Å². The van der Waals surface area contributed by atoms with Gasteiger partial charge in [0, 0.05) is 11.6 Å². The molecule has 1 heterocycles. The van der Waals surface area contributed by atoms with Crippen molar-refractivity contribution >= 4 is 35.0 Å². The number of hydrogen-bond donors (Lipinski definition) is 2. The zero-order valence-electron chi connectivity index (χ0n) is 12.5. The van der Waals surface area contributed by atoms with Crippen molar-refractivity contribution in [3.05, 3.63) is 28.7 Å². The minimum Gasteiger partial charge on any atom is -0.508 e. The molecule has 1 aromatic rings. The zero-order chi connectivity index (χ0) is 17.1. The molecule has 0 bridgehead atoms. The Labute approximate surface area is 136 Å². The molecule has 1 saturated heterocycles. The third-order valence-corrected chi connectivity index (χ3v) is 3.74. The molecule has 0 spiro atoms. The first-order chi connectivity index (χ1) is 10.8. The van der Waals surface area contributed by atoms with Crippen molar-refractivity contribution in [2.24, 2.45) is 0 Å². The van der Waals surface area contributed by atoms with Gasteiger partial charge in [-0.1, -0.05) is 0 Å². The predicted octanol–water partition coefficient (Wildman–Crippen LogP) is 2.09. The smallest absolute Gasteiger partial charge is 0.326 e. The van der Waals surface area contributed by atoms with Gasteiger partial charge in [0.25, 0.3) is 11.1 Å². The number of imide groups is 1. The Kier molecular flexibility index (Phi) is 4.95. The molecule has 1 aromatic carbocycles. The maximum atomic E-state index is 12.2. The number of benzene rings is 1. The topological polar surface area (TPSA) is 104 Å². The average Bonchev–Trinajstić information content (AvgIpc) is 2.69. The van der Waals surface area contributed by atoms with Crippen LogP contribution in [-0.2, 0) is 14.3 Å². The summed E-state index contributed by atoms with van der Waals surface area (Å²) in [6, 6.07) is 3.87. The summed E-state index contributed by atoms with van der Waals surface area (Å²) < 4.78 is 4.91. The molecule has 2 rings (SSSR count). The van der Waals surface area contributed by atoms with E-state index in [1.165, 1.54) is 18.2 Å². The number of thioether (sulfide) groups is 1. The quantitative estimate of drug-likeness (QED) is 0.640. The first-order valence-corrected chi connectivity index (χ1v) is 7.56. The lowest BCUT2D eigenvalue weighted by Gasteiger charge is -2.13. The maximum Gasteiger partial charge on any atom is 0.326 e. The van der Waals surface area contributed by atoms with Crippen molar-refractivity contribution in [2.75, 3.05) is 6.54 Å². The average molecular weight is 337 g/mol. The Balaban J connectivity index is 2.17. The molecule has 0 aliphatic carbocycles. The fourth-order valence-corrected chi connectivity index (χ4v) is 2.69. The summed E-state index contributed by atoms with van der Waals surface area (Å²) in [5.41, 5.74) is 0.276. The molecule has 0 atom stereocenters. The standard InChI is InChI=1S/C15H15NO6S/c1-8(2)22-13(19)7-16-14(20)12(23-15(16)21)5-9-3-4-10(17)6-11(9)18/h3-6,8,17-18H,7H2,1-2H3/b12-5-. The van der Waals surface area contributed by atoms with E-state index in [1.54, 1.807) is 13.8 Å². The number of esters is 1. The number of amides is 2. The summed E-state index contributed by atoms with van der Waals surface area (Å²) in [6.07, 6.45) is 0.986. The van der Waals surface area contributed by atoms with Gasteiger partial charge in [0.2, 0.25) is 0 Å². The molecule has 1 aliphatic heterocycles. The highest BCUT2D eigenvalue weighted by molar-refractivity contribution is 8.18. The highest BCUT2D eigenvalue weighted by Gasteiger charge is 2.36. The van der Waals surface area contributed by atoms with Gasteiger partial charge < -0.3 is 14.9 Å². The second-order valence-electron chi connectivity index (χ2n) is 5.05. The summed E-state index contributed by atoms with van der Waals surface area (Å²) in [5, 5.41) is 18.4. The minimum atomic E-state index is -0.670.